The molecular formula is C16H14Cl2N6O. The molecule has 0 aliphatic carbocycles. The smallest absolute Gasteiger partial charge is 0.255 e. The van der Waals surface area contributed by atoms with Gasteiger partial charge >= 0.3 is 0 Å². The Morgan fingerprint density at radius 2 is 2.12 bits per heavy atom. The molecule has 1 aromatic heterocycles. The van der Waals surface area contributed by atoms with E-state index in [0.29, 0.717) is 35.9 Å². The fraction of sp³-hybridized carbons (Fsp3) is 0.188. The molecule has 1 amide bonds. The molecule has 0 radical (unpaired) electrons. The van der Waals surface area contributed by atoms with Crippen molar-refractivity contribution in [3.63, 3.8) is 0 Å². The molecule has 128 valence electrons. The SMILES string of the molecule is O=C(c1cccc(Cl)c1Cl)N1CCC2=C(C1)NNN2c1cnccn1. The fourth-order valence-corrected chi connectivity index (χ4v) is 3.30. The predicted octanol–water partition coefficient (Wildman–Crippen LogP) is 2.37. The molecule has 0 atom stereocenters. The van der Waals surface area contributed by atoms with Crippen molar-refractivity contribution in [3.8, 4) is 0 Å². The lowest BCUT2D eigenvalue weighted by Crippen LogP contribution is -2.39. The van der Waals surface area contributed by atoms with Gasteiger partial charge in [-0.15, -0.1) is 5.53 Å². The van der Waals surface area contributed by atoms with Gasteiger partial charge in [-0.2, -0.15) is 0 Å². The van der Waals surface area contributed by atoms with E-state index >= 15 is 0 Å². The highest BCUT2D eigenvalue weighted by molar-refractivity contribution is 6.43. The van der Waals surface area contributed by atoms with Crippen molar-refractivity contribution in [2.45, 2.75) is 6.42 Å². The summed E-state index contributed by atoms with van der Waals surface area (Å²) in [5, 5.41) is 2.50. The van der Waals surface area contributed by atoms with Gasteiger partial charge in [0.05, 0.1) is 39.7 Å². The molecule has 2 N–H and O–H groups in total. The molecule has 0 spiro atoms. The average Bonchev–Trinajstić information content (AvgIpc) is 3.07. The van der Waals surface area contributed by atoms with Crippen molar-refractivity contribution in [2.75, 3.05) is 18.1 Å². The van der Waals surface area contributed by atoms with Crippen molar-refractivity contribution < 1.29 is 4.79 Å². The molecule has 9 heteroatoms. The van der Waals surface area contributed by atoms with Crippen LogP contribution >= 0.6 is 23.2 Å². The van der Waals surface area contributed by atoms with Gasteiger partial charge in [-0.05, 0) is 12.1 Å². The Hall–Kier alpha value is -2.35. The zero-order chi connectivity index (χ0) is 17.4. The number of aromatic nitrogens is 2. The van der Waals surface area contributed by atoms with E-state index in [4.69, 9.17) is 23.2 Å². The molecule has 25 heavy (non-hydrogen) atoms. The van der Waals surface area contributed by atoms with Crippen molar-refractivity contribution in [1.29, 1.82) is 0 Å². The third-order valence-corrected chi connectivity index (χ3v) is 4.97. The van der Waals surface area contributed by atoms with Crippen LogP contribution in [0.2, 0.25) is 10.0 Å². The summed E-state index contributed by atoms with van der Waals surface area (Å²) in [5.41, 5.74) is 8.54. The van der Waals surface area contributed by atoms with Crippen molar-refractivity contribution >= 4 is 34.9 Å². The van der Waals surface area contributed by atoms with Gasteiger partial charge in [-0.3, -0.25) is 9.78 Å². The number of hydrogen-bond donors (Lipinski definition) is 2. The molecular weight excluding hydrogens is 363 g/mol. The van der Waals surface area contributed by atoms with Crippen molar-refractivity contribution in [3.05, 3.63) is 63.8 Å². The lowest BCUT2D eigenvalue weighted by molar-refractivity contribution is 0.0762. The van der Waals surface area contributed by atoms with E-state index in [9.17, 15) is 4.79 Å². The number of anilines is 1. The monoisotopic (exact) mass is 376 g/mol. The maximum absolute atomic E-state index is 12.8. The van der Waals surface area contributed by atoms with Gasteiger partial charge in [0.15, 0.2) is 5.82 Å². The highest BCUT2D eigenvalue weighted by atomic mass is 35.5. The van der Waals surface area contributed by atoms with E-state index in [1.807, 2.05) is 5.01 Å². The first-order valence-corrected chi connectivity index (χ1v) is 8.44. The zero-order valence-corrected chi connectivity index (χ0v) is 14.6. The molecule has 4 rings (SSSR count). The van der Waals surface area contributed by atoms with E-state index < -0.39 is 0 Å². The molecule has 2 aliphatic rings. The number of carbonyl (C=O) groups is 1. The molecule has 7 nitrogen and oxygen atoms in total. The molecule has 1 aromatic carbocycles. The lowest BCUT2D eigenvalue weighted by atomic mass is 10.1. The molecule has 2 aromatic rings. The van der Waals surface area contributed by atoms with Crippen LogP contribution in [-0.4, -0.2) is 33.9 Å². The van der Waals surface area contributed by atoms with Crippen LogP contribution in [0.15, 0.2) is 48.2 Å². The number of halogens is 2. The molecule has 0 fully saturated rings. The minimum atomic E-state index is -0.140. The number of hydrazine groups is 2. The van der Waals surface area contributed by atoms with Crippen LogP contribution in [0.5, 0.6) is 0 Å². The topological polar surface area (TPSA) is 73.4 Å². The Morgan fingerprint density at radius 3 is 2.92 bits per heavy atom. The Balaban J connectivity index is 1.56. The normalized spacial score (nSPS) is 16.7. The Kier molecular flexibility index (Phi) is 4.20. The van der Waals surface area contributed by atoms with E-state index in [1.54, 1.807) is 41.7 Å². The van der Waals surface area contributed by atoms with E-state index in [2.05, 4.69) is 20.9 Å². The number of hydrogen-bond acceptors (Lipinski definition) is 6. The van der Waals surface area contributed by atoms with Crippen LogP contribution in [0.1, 0.15) is 16.8 Å². The van der Waals surface area contributed by atoms with E-state index in [1.165, 1.54) is 0 Å². The van der Waals surface area contributed by atoms with Crippen LogP contribution in [0.25, 0.3) is 0 Å². The number of nitrogens with zero attached hydrogens (tertiary/aromatic N) is 4. The molecule has 0 saturated carbocycles. The highest BCUT2D eigenvalue weighted by Gasteiger charge is 2.32. The minimum absolute atomic E-state index is 0.140. The summed E-state index contributed by atoms with van der Waals surface area (Å²) in [6, 6.07) is 5.08. The highest BCUT2D eigenvalue weighted by Crippen LogP contribution is 2.30. The van der Waals surface area contributed by atoms with Crippen LogP contribution < -0.4 is 16.0 Å². The Morgan fingerprint density at radius 1 is 1.24 bits per heavy atom. The summed E-state index contributed by atoms with van der Waals surface area (Å²) in [6.07, 6.45) is 5.61. The summed E-state index contributed by atoms with van der Waals surface area (Å²) < 4.78 is 0. The van der Waals surface area contributed by atoms with Gasteiger partial charge in [0, 0.05) is 25.4 Å². The third kappa shape index (κ3) is 2.90. The van der Waals surface area contributed by atoms with Gasteiger partial charge < -0.3 is 10.3 Å². The standard InChI is InChI=1S/C16H14Cl2N6O/c17-11-3-1-2-10(15(11)18)16(25)23-7-4-13-12(9-23)21-22-24(13)14-8-19-5-6-20-14/h1-3,5-6,8,21-22H,4,7,9H2. The van der Waals surface area contributed by atoms with Crippen molar-refractivity contribution in [1.82, 2.24) is 25.8 Å². The van der Waals surface area contributed by atoms with Crippen LogP contribution in [0.4, 0.5) is 5.82 Å². The summed E-state index contributed by atoms with van der Waals surface area (Å²) in [6.45, 7) is 1.02. The lowest BCUT2D eigenvalue weighted by Gasteiger charge is -2.29. The second-order valence-electron chi connectivity index (χ2n) is 5.64. The average molecular weight is 377 g/mol. The van der Waals surface area contributed by atoms with Gasteiger partial charge in [-0.25, -0.2) is 9.99 Å². The fourth-order valence-electron chi connectivity index (χ4n) is 2.92. The summed E-state index contributed by atoms with van der Waals surface area (Å²) in [7, 11) is 0. The maximum Gasteiger partial charge on any atom is 0.255 e. The number of carbonyl (C=O) groups excluding carboxylic acids is 1. The summed E-state index contributed by atoms with van der Waals surface area (Å²) >= 11 is 12.2. The van der Waals surface area contributed by atoms with Crippen LogP contribution in [0.3, 0.4) is 0 Å². The van der Waals surface area contributed by atoms with Gasteiger partial charge in [0.25, 0.3) is 5.91 Å². The first kappa shape index (κ1) is 16.1. The number of benzene rings is 1. The van der Waals surface area contributed by atoms with Crippen LogP contribution in [0, 0.1) is 0 Å². The van der Waals surface area contributed by atoms with Gasteiger partial charge in [-0.1, -0.05) is 29.3 Å². The summed E-state index contributed by atoms with van der Waals surface area (Å²) in [4.78, 5) is 22.9. The van der Waals surface area contributed by atoms with Crippen LogP contribution in [-0.2, 0) is 0 Å². The minimum Gasteiger partial charge on any atom is -0.332 e. The maximum atomic E-state index is 12.8. The first-order valence-electron chi connectivity index (χ1n) is 7.68. The van der Waals surface area contributed by atoms with Gasteiger partial charge in [0.1, 0.15) is 0 Å². The Labute approximate surface area is 154 Å². The van der Waals surface area contributed by atoms with E-state index in [0.717, 1.165) is 11.4 Å². The number of nitrogens with one attached hydrogen (secondary N) is 2. The quantitative estimate of drug-likeness (QED) is 0.837. The third-order valence-electron chi connectivity index (χ3n) is 4.15. The zero-order valence-electron chi connectivity index (χ0n) is 13.0. The second-order valence-corrected chi connectivity index (χ2v) is 6.42. The Bertz CT molecular complexity index is 857. The summed E-state index contributed by atoms with van der Waals surface area (Å²) in [5.74, 6) is 0.552. The largest absolute Gasteiger partial charge is 0.332 e. The predicted molar refractivity (Wildman–Crippen MR) is 94.8 cm³/mol. The molecule has 3 heterocycles. The molecule has 0 bridgehead atoms. The molecule has 0 saturated heterocycles. The molecule has 0 unspecified atom stereocenters. The van der Waals surface area contributed by atoms with E-state index in [-0.39, 0.29) is 10.9 Å². The van der Waals surface area contributed by atoms with Gasteiger partial charge in [0.2, 0.25) is 0 Å². The second kappa shape index (κ2) is 6.51. The first-order chi connectivity index (χ1) is 12.1. The van der Waals surface area contributed by atoms with Crippen molar-refractivity contribution in [2.24, 2.45) is 0 Å². The molecule has 2 aliphatic heterocycles. The number of rotatable bonds is 2. The number of amides is 1.